The molecule has 178 valence electrons. The van der Waals surface area contributed by atoms with Crippen LogP contribution in [0.3, 0.4) is 0 Å². The topological polar surface area (TPSA) is 63.7 Å². The van der Waals surface area contributed by atoms with Crippen LogP contribution in [0, 0.1) is 6.92 Å². The monoisotopic (exact) mass is 471 g/mol. The highest BCUT2D eigenvalue weighted by atomic mass is 19.4. The van der Waals surface area contributed by atoms with Crippen molar-refractivity contribution >= 4 is 17.4 Å². The van der Waals surface area contributed by atoms with Crippen LogP contribution in [0.5, 0.6) is 5.75 Å². The van der Waals surface area contributed by atoms with Gasteiger partial charge in [0, 0.05) is 18.7 Å². The summed E-state index contributed by atoms with van der Waals surface area (Å²) in [5, 5.41) is 2.86. The number of nitrogens with one attached hydrogen (secondary N) is 1. The van der Waals surface area contributed by atoms with Gasteiger partial charge in [0.2, 0.25) is 0 Å². The van der Waals surface area contributed by atoms with Crippen LogP contribution in [0.2, 0.25) is 0 Å². The summed E-state index contributed by atoms with van der Waals surface area (Å²) in [4.78, 5) is 19.6. The molecule has 0 saturated carbocycles. The van der Waals surface area contributed by atoms with Crippen LogP contribution < -0.4 is 15.0 Å². The summed E-state index contributed by atoms with van der Waals surface area (Å²) in [7, 11) is 0. The smallest absolute Gasteiger partial charge is 0.406 e. The Labute approximate surface area is 195 Å². The van der Waals surface area contributed by atoms with E-state index < -0.39 is 6.36 Å². The van der Waals surface area contributed by atoms with Gasteiger partial charge in [-0.3, -0.25) is 4.79 Å². The molecule has 1 atom stereocenters. The maximum atomic E-state index is 12.9. The highest BCUT2D eigenvalue weighted by molar-refractivity contribution is 6.06. The number of hydrogen-bond acceptors (Lipinski definition) is 5. The predicted molar refractivity (Wildman–Crippen MR) is 123 cm³/mol. The number of aromatic nitrogens is 1. The molecule has 0 aliphatic carbocycles. The van der Waals surface area contributed by atoms with E-state index in [1.807, 2.05) is 19.1 Å². The van der Waals surface area contributed by atoms with E-state index in [0.717, 1.165) is 24.5 Å². The summed E-state index contributed by atoms with van der Waals surface area (Å²) in [6, 6.07) is 14.5. The van der Waals surface area contributed by atoms with Crippen molar-refractivity contribution < 1.29 is 27.4 Å². The van der Waals surface area contributed by atoms with Gasteiger partial charge in [-0.1, -0.05) is 24.3 Å². The first-order valence-corrected chi connectivity index (χ1v) is 10.8. The number of morpholine rings is 1. The van der Waals surface area contributed by atoms with E-state index in [2.05, 4.69) is 19.9 Å². The fraction of sp³-hybridized carbons (Fsp3) is 0.280. The van der Waals surface area contributed by atoms with Gasteiger partial charge in [-0.2, -0.15) is 0 Å². The number of benzene rings is 2. The van der Waals surface area contributed by atoms with Gasteiger partial charge in [-0.25, -0.2) is 4.98 Å². The number of carbonyl (C=O) groups excluding carboxylic acids is 1. The summed E-state index contributed by atoms with van der Waals surface area (Å²) in [6.45, 7) is 5.98. The number of carbonyl (C=O) groups is 1. The number of hydrogen-bond donors (Lipinski definition) is 1. The number of alkyl halides is 3. The number of ether oxygens (including phenoxy) is 2. The molecule has 34 heavy (non-hydrogen) atoms. The predicted octanol–water partition coefficient (Wildman–Crippen LogP) is 5.43. The Morgan fingerprint density at radius 3 is 2.56 bits per heavy atom. The number of pyridine rings is 1. The van der Waals surface area contributed by atoms with Crippen LogP contribution in [-0.4, -0.2) is 43.1 Å². The molecule has 2 aromatic carbocycles. The first-order valence-electron chi connectivity index (χ1n) is 10.8. The van der Waals surface area contributed by atoms with Crippen LogP contribution in [0.15, 0.2) is 60.8 Å². The van der Waals surface area contributed by atoms with Crippen LogP contribution in [-0.2, 0) is 4.74 Å². The largest absolute Gasteiger partial charge is 0.573 e. The summed E-state index contributed by atoms with van der Waals surface area (Å²) in [6.07, 6.45) is -2.99. The zero-order chi connectivity index (χ0) is 24.3. The Kier molecular flexibility index (Phi) is 6.74. The second-order valence-corrected chi connectivity index (χ2v) is 8.04. The van der Waals surface area contributed by atoms with Crippen molar-refractivity contribution in [1.82, 2.24) is 4.98 Å². The van der Waals surface area contributed by atoms with Gasteiger partial charge in [0.25, 0.3) is 5.91 Å². The highest BCUT2D eigenvalue weighted by Crippen LogP contribution is 2.30. The molecular formula is C25H24F3N3O3. The van der Waals surface area contributed by atoms with E-state index >= 15 is 0 Å². The summed E-state index contributed by atoms with van der Waals surface area (Å²) < 4.78 is 46.7. The van der Waals surface area contributed by atoms with Crippen molar-refractivity contribution in [2.24, 2.45) is 0 Å². The van der Waals surface area contributed by atoms with Gasteiger partial charge in [0.1, 0.15) is 11.6 Å². The molecule has 1 fully saturated rings. The second-order valence-electron chi connectivity index (χ2n) is 8.04. The SMILES string of the molecule is Cc1c(C(=O)Nc2ccc(N3CCO[C@H](C)C3)nc2)cccc1-c1ccc(OC(F)(F)F)cc1. The van der Waals surface area contributed by atoms with Crippen LogP contribution in [0.1, 0.15) is 22.8 Å². The molecule has 6 nitrogen and oxygen atoms in total. The minimum atomic E-state index is -4.75. The highest BCUT2D eigenvalue weighted by Gasteiger charge is 2.31. The molecule has 1 aliphatic rings. The van der Waals surface area contributed by atoms with Crippen molar-refractivity contribution in [2.75, 3.05) is 29.9 Å². The average Bonchev–Trinajstić information content (AvgIpc) is 2.79. The number of nitrogens with zero attached hydrogens (tertiary/aromatic N) is 2. The summed E-state index contributed by atoms with van der Waals surface area (Å²) in [5.74, 6) is 0.223. The summed E-state index contributed by atoms with van der Waals surface area (Å²) >= 11 is 0. The zero-order valence-electron chi connectivity index (χ0n) is 18.7. The Balaban J connectivity index is 1.47. The van der Waals surface area contributed by atoms with Crippen molar-refractivity contribution in [2.45, 2.75) is 26.3 Å². The molecule has 1 aromatic heterocycles. The standard InChI is InChI=1S/C25H24F3N3O3/c1-16-15-31(12-13-33-16)23-11-8-19(14-29-23)30-24(32)22-5-3-4-21(17(22)2)18-6-9-20(10-7-18)34-25(26,27)28/h3-11,14,16H,12-13,15H2,1-2H3,(H,30,32)/t16-/m1/s1. The quantitative estimate of drug-likeness (QED) is 0.538. The molecule has 0 radical (unpaired) electrons. The lowest BCUT2D eigenvalue weighted by atomic mass is 9.96. The third-order valence-corrected chi connectivity index (χ3v) is 5.55. The number of anilines is 2. The first-order chi connectivity index (χ1) is 16.2. The Morgan fingerprint density at radius 2 is 1.91 bits per heavy atom. The second kappa shape index (κ2) is 9.72. The van der Waals surface area contributed by atoms with Crippen molar-refractivity contribution in [1.29, 1.82) is 0 Å². The first kappa shape index (κ1) is 23.6. The molecule has 0 bridgehead atoms. The lowest BCUT2D eigenvalue weighted by molar-refractivity contribution is -0.274. The van der Waals surface area contributed by atoms with Gasteiger partial charge < -0.3 is 19.7 Å². The number of rotatable bonds is 5. The lowest BCUT2D eigenvalue weighted by Gasteiger charge is -2.32. The molecular weight excluding hydrogens is 447 g/mol. The molecule has 1 saturated heterocycles. The average molecular weight is 471 g/mol. The van der Waals surface area contributed by atoms with E-state index in [0.29, 0.717) is 29.0 Å². The van der Waals surface area contributed by atoms with E-state index in [9.17, 15) is 18.0 Å². The molecule has 0 unspecified atom stereocenters. The molecule has 1 amide bonds. The van der Waals surface area contributed by atoms with Crippen LogP contribution in [0.4, 0.5) is 24.7 Å². The molecule has 0 spiro atoms. The zero-order valence-corrected chi connectivity index (χ0v) is 18.7. The molecule has 4 rings (SSSR count). The Hall–Kier alpha value is -3.59. The minimum absolute atomic E-state index is 0.138. The van der Waals surface area contributed by atoms with Gasteiger partial charge >= 0.3 is 6.36 Å². The van der Waals surface area contributed by atoms with Gasteiger partial charge in [-0.05, 0) is 60.9 Å². The number of halogens is 3. The van der Waals surface area contributed by atoms with Crippen LogP contribution in [0.25, 0.3) is 11.1 Å². The Morgan fingerprint density at radius 1 is 1.15 bits per heavy atom. The molecule has 3 aromatic rings. The lowest BCUT2D eigenvalue weighted by Crippen LogP contribution is -2.41. The normalized spacial score (nSPS) is 16.3. The fourth-order valence-corrected chi connectivity index (χ4v) is 3.90. The van der Waals surface area contributed by atoms with E-state index in [1.165, 1.54) is 24.3 Å². The third-order valence-electron chi connectivity index (χ3n) is 5.55. The maximum Gasteiger partial charge on any atom is 0.573 e. The van der Waals surface area contributed by atoms with E-state index in [1.54, 1.807) is 31.3 Å². The van der Waals surface area contributed by atoms with Gasteiger partial charge in [0.05, 0.1) is 24.6 Å². The van der Waals surface area contributed by atoms with Crippen molar-refractivity contribution in [3.8, 4) is 16.9 Å². The summed E-state index contributed by atoms with van der Waals surface area (Å²) in [5.41, 5.74) is 3.14. The molecule has 9 heteroatoms. The molecule has 2 heterocycles. The maximum absolute atomic E-state index is 12.9. The van der Waals surface area contributed by atoms with Gasteiger partial charge in [0.15, 0.2) is 0 Å². The minimum Gasteiger partial charge on any atom is -0.406 e. The van der Waals surface area contributed by atoms with Crippen molar-refractivity contribution in [3.63, 3.8) is 0 Å². The van der Waals surface area contributed by atoms with Gasteiger partial charge in [-0.15, -0.1) is 13.2 Å². The van der Waals surface area contributed by atoms with E-state index in [4.69, 9.17) is 4.74 Å². The number of amides is 1. The Bertz CT molecular complexity index is 1150. The van der Waals surface area contributed by atoms with E-state index in [-0.39, 0.29) is 17.8 Å². The molecule has 1 aliphatic heterocycles. The fourth-order valence-electron chi connectivity index (χ4n) is 3.90. The third kappa shape index (κ3) is 5.66. The van der Waals surface area contributed by atoms with Crippen LogP contribution >= 0.6 is 0 Å². The van der Waals surface area contributed by atoms with Crippen molar-refractivity contribution in [3.05, 3.63) is 71.9 Å². The molecule has 1 N–H and O–H groups in total.